The van der Waals surface area contributed by atoms with Crippen LogP contribution in [0, 0.1) is 30.1 Å². The molecule has 2 saturated carbocycles. The first-order valence-electron chi connectivity index (χ1n) is 13.0. The molecule has 2 amide bonds. The highest BCUT2D eigenvalue weighted by Gasteiger charge is 2.48. The first kappa shape index (κ1) is 23.9. The SMILES string of the molecule is Cc1cc(N2CCN(C(=O)[C@@H]3CCCC[C@H]3C(=O)NC3(C#N)CC3)[C@H](C)C2)ccc1OC1COC1. The minimum Gasteiger partial charge on any atom is -0.485 e. The maximum atomic E-state index is 13.6. The molecule has 4 aliphatic rings. The van der Waals surface area contributed by atoms with Crippen LogP contribution in [0.1, 0.15) is 51.0 Å². The van der Waals surface area contributed by atoms with Gasteiger partial charge in [-0.05, 0) is 63.3 Å². The number of nitrogens with one attached hydrogen (secondary N) is 1. The molecule has 0 unspecified atom stereocenters. The molecule has 4 fully saturated rings. The van der Waals surface area contributed by atoms with E-state index in [1.165, 1.54) is 0 Å². The summed E-state index contributed by atoms with van der Waals surface area (Å²) >= 11 is 0. The number of ether oxygens (including phenoxy) is 2. The first-order valence-corrected chi connectivity index (χ1v) is 13.0. The maximum Gasteiger partial charge on any atom is 0.226 e. The molecule has 8 nitrogen and oxygen atoms in total. The summed E-state index contributed by atoms with van der Waals surface area (Å²) < 4.78 is 11.2. The minimum atomic E-state index is -0.689. The van der Waals surface area contributed by atoms with Crippen LogP contribution in [0.5, 0.6) is 5.75 Å². The Morgan fingerprint density at radius 1 is 1.17 bits per heavy atom. The summed E-state index contributed by atoms with van der Waals surface area (Å²) in [5.74, 6) is 0.265. The van der Waals surface area contributed by atoms with Crippen molar-refractivity contribution >= 4 is 17.5 Å². The van der Waals surface area contributed by atoms with E-state index in [9.17, 15) is 14.9 Å². The number of aryl methyl sites for hydroxylation is 1. The second kappa shape index (κ2) is 9.69. The van der Waals surface area contributed by atoms with Crippen LogP contribution in [-0.2, 0) is 14.3 Å². The van der Waals surface area contributed by atoms with Gasteiger partial charge in [-0.3, -0.25) is 9.59 Å². The van der Waals surface area contributed by atoms with Crippen molar-refractivity contribution in [2.24, 2.45) is 11.8 Å². The Kier molecular flexibility index (Phi) is 6.63. The Hall–Kier alpha value is -2.79. The number of nitriles is 1. The summed E-state index contributed by atoms with van der Waals surface area (Å²) in [5, 5.41) is 12.3. The standard InChI is InChI=1S/C27H36N4O4/c1-18-13-20(7-8-24(18)35-21-15-34-16-21)30-11-12-31(19(2)14-30)26(33)23-6-4-3-5-22(23)25(32)29-27(17-28)9-10-27/h7-8,13,19,21-23H,3-6,9-12,14-16H2,1-2H3,(H,29,32)/t19-,22-,23-/m1/s1. The quantitative estimate of drug-likeness (QED) is 0.673. The molecule has 35 heavy (non-hydrogen) atoms. The van der Waals surface area contributed by atoms with Gasteiger partial charge in [0.25, 0.3) is 0 Å². The van der Waals surface area contributed by atoms with Crippen molar-refractivity contribution in [2.45, 2.75) is 70.1 Å². The van der Waals surface area contributed by atoms with E-state index in [2.05, 4.69) is 42.3 Å². The lowest BCUT2D eigenvalue weighted by molar-refractivity contribution is -0.145. The van der Waals surface area contributed by atoms with Crippen molar-refractivity contribution in [1.82, 2.24) is 10.2 Å². The zero-order valence-electron chi connectivity index (χ0n) is 20.8. The predicted octanol–water partition coefficient (Wildman–Crippen LogP) is 2.79. The van der Waals surface area contributed by atoms with Gasteiger partial charge >= 0.3 is 0 Å². The molecule has 1 aromatic carbocycles. The molecule has 188 valence electrons. The number of nitrogens with zero attached hydrogens (tertiary/aromatic N) is 3. The van der Waals surface area contributed by atoms with Crippen LogP contribution in [0.2, 0.25) is 0 Å². The van der Waals surface area contributed by atoms with Gasteiger partial charge in [-0.1, -0.05) is 12.8 Å². The van der Waals surface area contributed by atoms with Gasteiger partial charge in [0, 0.05) is 43.2 Å². The zero-order valence-corrected chi connectivity index (χ0v) is 20.8. The number of anilines is 1. The molecular formula is C27H36N4O4. The largest absolute Gasteiger partial charge is 0.485 e. The third-order valence-electron chi connectivity index (χ3n) is 8.08. The molecule has 3 atom stereocenters. The van der Waals surface area contributed by atoms with Crippen molar-refractivity contribution < 1.29 is 19.1 Å². The van der Waals surface area contributed by atoms with Crippen molar-refractivity contribution in [3.8, 4) is 11.8 Å². The lowest BCUT2D eigenvalue weighted by atomic mass is 9.77. The fourth-order valence-corrected chi connectivity index (χ4v) is 5.62. The summed E-state index contributed by atoms with van der Waals surface area (Å²) in [6, 6.07) is 8.57. The molecule has 1 N–H and O–H groups in total. The summed E-state index contributed by atoms with van der Waals surface area (Å²) in [6.07, 6.45) is 4.96. The Bertz CT molecular complexity index is 1010. The number of carbonyl (C=O) groups is 2. The molecule has 5 rings (SSSR count). The number of carbonyl (C=O) groups excluding carboxylic acids is 2. The Balaban J connectivity index is 1.21. The van der Waals surface area contributed by atoms with Crippen molar-refractivity contribution in [1.29, 1.82) is 5.26 Å². The van der Waals surface area contributed by atoms with Gasteiger partial charge in [-0.25, -0.2) is 0 Å². The summed E-state index contributed by atoms with van der Waals surface area (Å²) in [4.78, 5) is 31.0. The first-order chi connectivity index (χ1) is 16.9. The minimum absolute atomic E-state index is 0.0547. The van der Waals surface area contributed by atoms with E-state index in [1.54, 1.807) is 0 Å². The van der Waals surface area contributed by atoms with Gasteiger partial charge in [-0.15, -0.1) is 0 Å². The number of benzene rings is 1. The van der Waals surface area contributed by atoms with E-state index in [-0.39, 0.29) is 35.8 Å². The molecule has 0 radical (unpaired) electrons. The number of hydrogen-bond acceptors (Lipinski definition) is 6. The van der Waals surface area contributed by atoms with Gasteiger partial charge in [0.2, 0.25) is 11.8 Å². The van der Waals surface area contributed by atoms with Crippen molar-refractivity contribution in [2.75, 3.05) is 37.7 Å². The van der Waals surface area contributed by atoms with Gasteiger partial charge in [0.15, 0.2) is 0 Å². The molecule has 2 heterocycles. The van der Waals surface area contributed by atoms with Gasteiger partial charge in [0.1, 0.15) is 17.4 Å². The Morgan fingerprint density at radius 2 is 1.91 bits per heavy atom. The number of hydrogen-bond donors (Lipinski definition) is 1. The highest BCUT2D eigenvalue weighted by molar-refractivity contribution is 5.89. The fraction of sp³-hybridized carbons (Fsp3) is 0.667. The van der Waals surface area contributed by atoms with E-state index in [1.807, 2.05) is 11.0 Å². The summed E-state index contributed by atoms with van der Waals surface area (Å²) in [5.41, 5.74) is 1.55. The zero-order chi connectivity index (χ0) is 24.6. The molecule has 2 aliphatic heterocycles. The fourth-order valence-electron chi connectivity index (χ4n) is 5.62. The van der Waals surface area contributed by atoms with E-state index in [0.29, 0.717) is 32.6 Å². The Morgan fingerprint density at radius 3 is 2.51 bits per heavy atom. The number of rotatable bonds is 6. The summed E-state index contributed by atoms with van der Waals surface area (Å²) in [6.45, 7) is 7.61. The molecule has 0 bridgehead atoms. The van der Waals surface area contributed by atoms with Crippen LogP contribution in [-0.4, -0.2) is 67.2 Å². The molecule has 2 aliphatic carbocycles. The third kappa shape index (κ3) is 4.97. The lowest BCUT2D eigenvalue weighted by Gasteiger charge is -2.43. The van der Waals surface area contributed by atoms with Gasteiger partial charge in [0.05, 0.1) is 19.3 Å². The van der Waals surface area contributed by atoms with Crippen LogP contribution in [0.15, 0.2) is 18.2 Å². The molecule has 2 saturated heterocycles. The van der Waals surface area contributed by atoms with Gasteiger partial charge < -0.3 is 24.6 Å². The van der Waals surface area contributed by atoms with E-state index in [4.69, 9.17) is 9.47 Å². The smallest absolute Gasteiger partial charge is 0.226 e. The average molecular weight is 481 g/mol. The monoisotopic (exact) mass is 480 g/mol. The highest BCUT2D eigenvalue weighted by Crippen LogP contribution is 2.38. The van der Waals surface area contributed by atoms with Crippen molar-refractivity contribution in [3.63, 3.8) is 0 Å². The van der Waals surface area contributed by atoms with Crippen molar-refractivity contribution in [3.05, 3.63) is 23.8 Å². The van der Waals surface area contributed by atoms with Gasteiger partial charge in [-0.2, -0.15) is 5.26 Å². The predicted molar refractivity (Wildman–Crippen MR) is 131 cm³/mol. The van der Waals surface area contributed by atoms with E-state index >= 15 is 0 Å². The molecule has 0 aromatic heterocycles. The normalized spacial score (nSPS) is 28.0. The highest BCUT2D eigenvalue weighted by atomic mass is 16.6. The van der Waals surface area contributed by atoms with Crippen LogP contribution < -0.4 is 15.0 Å². The average Bonchev–Trinajstić information content (AvgIpc) is 3.61. The molecule has 1 aromatic rings. The number of amides is 2. The summed E-state index contributed by atoms with van der Waals surface area (Å²) in [7, 11) is 0. The van der Waals surface area contributed by atoms with Crippen LogP contribution >= 0.6 is 0 Å². The number of piperazine rings is 1. The molecule has 0 spiro atoms. The Labute approximate surface area is 207 Å². The lowest BCUT2D eigenvalue weighted by Crippen LogP contribution is -2.57. The maximum absolute atomic E-state index is 13.6. The topological polar surface area (TPSA) is 94.9 Å². The van der Waals surface area contributed by atoms with E-state index in [0.717, 1.165) is 55.8 Å². The second-order valence-corrected chi connectivity index (χ2v) is 10.7. The van der Waals surface area contributed by atoms with E-state index < -0.39 is 5.54 Å². The van der Waals surface area contributed by atoms with Crippen LogP contribution in [0.4, 0.5) is 5.69 Å². The van der Waals surface area contributed by atoms with Crippen LogP contribution in [0.25, 0.3) is 0 Å². The third-order valence-corrected chi connectivity index (χ3v) is 8.08. The molecule has 8 heteroatoms. The second-order valence-electron chi connectivity index (χ2n) is 10.7. The molecular weight excluding hydrogens is 444 g/mol. The van der Waals surface area contributed by atoms with Crippen LogP contribution in [0.3, 0.4) is 0 Å².